The standard InChI is InChI=1S/C19H15BrCl2N2OS/c20-13-6-8-14(9-7-13)23-19(26)24(11-15-3-2-10-25-15)12-16-17(21)4-1-5-18(16)22/h1-10H,11-12H2,(H,23,26). The molecule has 2 aromatic carbocycles. The monoisotopic (exact) mass is 468 g/mol. The third-order valence-electron chi connectivity index (χ3n) is 3.72. The van der Waals surface area contributed by atoms with Gasteiger partial charge in [-0.1, -0.05) is 45.2 Å². The zero-order valence-corrected chi connectivity index (χ0v) is 17.5. The highest BCUT2D eigenvalue weighted by atomic mass is 79.9. The first kappa shape index (κ1) is 19.2. The normalized spacial score (nSPS) is 10.6. The average Bonchev–Trinajstić information content (AvgIpc) is 3.12. The van der Waals surface area contributed by atoms with Gasteiger partial charge in [0.15, 0.2) is 5.11 Å². The van der Waals surface area contributed by atoms with Crippen molar-refractivity contribution in [2.24, 2.45) is 0 Å². The number of nitrogens with zero attached hydrogens (tertiary/aromatic N) is 1. The highest BCUT2D eigenvalue weighted by molar-refractivity contribution is 9.10. The number of furan rings is 1. The van der Waals surface area contributed by atoms with E-state index in [1.807, 2.05) is 59.5 Å². The van der Waals surface area contributed by atoms with Crippen LogP contribution in [-0.2, 0) is 13.1 Å². The van der Waals surface area contributed by atoms with Crippen molar-refractivity contribution in [1.29, 1.82) is 0 Å². The first-order valence-electron chi connectivity index (χ1n) is 7.79. The Kier molecular flexibility index (Phi) is 6.59. The van der Waals surface area contributed by atoms with Gasteiger partial charge in [-0.15, -0.1) is 0 Å². The molecule has 0 aliphatic rings. The Balaban J connectivity index is 1.82. The summed E-state index contributed by atoms with van der Waals surface area (Å²) in [4.78, 5) is 1.96. The molecule has 26 heavy (non-hydrogen) atoms. The molecule has 0 aliphatic heterocycles. The van der Waals surface area contributed by atoms with E-state index in [-0.39, 0.29) is 0 Å². The Labute approximate surface area is 176 Å². The molecule has 0 radical (unpaired) electrons. The second kappa shape index (κ2) is 8.91. The number of benzene rings is 2. The summed E-state index contributed by atoms with van der Waals surface area (Å²) < 4.78 is 6.48. The number of anilines is 1. The number of halogens is 3. The minimum absolute atomic E-state index is 0.460. The summed E-state index contributed by atoms with van der Waals surface area (Å²) in [5, 5.41) is 5.01. The van der Waals surface area contributed by atoms with E-state index in [0.717, 1.165) is 21.5 Å². The van der Waals surface area contributed by atoms with Crippen LogP contribution < -0.4 is 5.32 Å². The first-order valence-corrected chi connectivity index (χ1v) is 9.75. The zero-order chi connectivity index (χ0) is 18.5. The highest BCUT2D eigenvalue weighted by Crippen LogP contribution is 2.27. The third-order valence-corrected chi connectivity index (χ3v) is 5.32. The quantitative estimate of drug-likeness (QED) is 0.418. The van der Waals surface area contributed by atoms with Crippen LogP contribution in [0.5, 0.6) is 0 Å². The van der Waals surface area contributed by atoms with Gasteiger partial charge in [0.25, 0.3) is 0 Å². The molecule has 0 unspecified atom stereocenters. The van der Waals surface area contributed by atoms with Crippen LogP contribution in [0.4, 0.5) is 5.69 Å². The number of nitrogens with one attached hydrogen (secondary N) is 1. The minimum Gasteiger partial charge on any atom is -0.467 e. The molecule has 0 fully saturated rings. The summed E-state index contributed by atoms with van der Waals surface area (Å²) in [6, 6.07) is 17.0. The van der Waals surface area contributed by atoms with Crippen LogP contribution >= 0.6 is 51.3 Å². The van der Waals surface area contributed by atoms with Crippen molar-refractivity contribution in [1.82, 2.24) is 4.90 Å². The van der Waals surface area contributed by atoms with Gasteiger partial charge in [0.1, 0.15) is 5.76 Å². The topological polar surface area (TPSA) is 28.4 Å². The maximum atomic E-state index is 6.33. The molecule has 1 aromatic heterocycles. The van der Waals surface area contributed by atoms with Crippen LogP contribution in [0.25, 0.3) is 0 Å². The predicted octanol–water partition coefficient (Wildman–Crippen LogP) is 6.75. The number of thiocarbonyl (C=S) groups is 1. The molecule has 0 atom stereocenters. The Morgan fingerprint density at radius 3 is 2.31 bits per heavy atom. The molecule has 0 bridgehead atoms. The molecule has 134 valence electrons. The molecule has 7 heteroatoms. The molecule has 0 aliphatic carbocycles. The fraction of sp³-hybridized carbons (Fsp3) is 0.105. The first-order chi connectivity index (χ1) is 12.5. The summed E-state index contributed by atoms with van der Waals surface area (Å²) in [6.07, 6.45) is 1.64. The molecule has 0 saturated heterocycles. The number of rotatable bonds is 5. The maximum absolute atomic E-state index is 6.33. The van der Waals surface area contributed by atoms with Gasteiger partial charge in [0, 0.05) is 32.3 Å². The van der Waals surface area contributed by atoms with Crippen LogP contribution in [0.1, 0.15) is 11.3 Å². The van der Waals surface area contributed by atoms with E-state index in [0.29, 0.717) is 28.2 Å². The predicted molar refractivity (Wildman–Crippen MR) is 115 cm³/mol. The molecule has 1 heterocycles. The van der Waals surface area contributed by atoms with Crippen LogP contribution in [0.2, 0.25) is 10.0 Å². The fourth-order valence-corrected chi connectivity index (χ4v) is 3.43. The van der Waals surface area contributed by atoms with Crippen LogP contribution in [-0.4, -0.2) is 10.0 Å². The molecule has 0 spiro atoms. The Hall–Kier alpha value is -1.53. The van der Waals surface area contributed by atoms with E-state index in [1.165, 1.54) is 0 Å². The van der Waals surface area contributed by atoms with Crippen LogP contribution in [0.15, 0.2) is 69.8 Å². The lowest BCUT2D eigenvalue weighted by atomic mass is 10.2. The van der Waals surface area contributed by atoms with E-state index in [9.17, 15) is 0 Å². The molecule has 1 N–H and O–H groups in total. The second-order valence-electron chi connectivity index (χ2n) is 5.57. The lowest BCUT2D eigenvalue weighted by Gasteiger charge is -2.26. The van der Waals surface area contributed by atoms with E-state index in [1.54, 1.807) is 6.26 Å². The van der Waals surface area contributed by atoms with Crippen molar-refractivity contribution in [2.75, 3.05) is 5.32 Å². The Bertz CT molecular complexity index is 865. The molecule has 3 nitrogen and oxygen atoms in total. The van der Waals surface area contributed by atoms with Crippen molar-refractivity contribution >= 4 is 62.1 Å². The van der Waals surface area contributed by atoms with E-state index >= 15 is 0 Å². The van der Waals surface area contributed by atoms with Crippen molar-refractivity contribution in [2.45, 2.75) is 13.1 Å². The molecule has 0 saturated carbocycles. The van der Waals surface area contributed by atoms with Gasteiger partial charge in [0.05, 0.1) is 12.8 Å². The molecular formula is C19H15BrCl2N2OS. The summed E-state index contributed by atoms with van der Waals surface area (Å²) in [7, 11) is 0. The molecular weight excluding hydrogens is 455 g/mol. The van der Waals surface area contributed by atoms with Crippen molar-refractivity contribution in [3.8, 4) is 0 Å². The Morgan fingerprint density at radius 2 is 1.69 bits per heavy atom. The summed E-state index contributed by atoms with van der Waals surface area (Å²) in [5.41, 5.74) is 1.72. The van der Waals surface area contributed by atoms with Gasteiger partial charge in [-0.05, 0) is 60.7 Å². The van der Waals surface area contributed by atoms with Gasteiger partial charge >= 0.3 is 0 Å². The molecule has 3 aromatic rings. The zero-order valence-electron chi connectivity index (χ0n) is 13.6. The third kappa shape index (κ3) is 5.01. The SMILES string of the molecule is S=C(Nc1ccc(Br)cc1)N(Cc1ccco1)Cc1c(Cl)cccc1Cl. The second-order valence-corrected chi connectivity index (χ2v) is 7.69. The van der Waals surface area contributed by atoms with Gasteiger partial charge in [-0.2, -0.15) is 0 Å². The van der Waals surface area contributed by atoms with Crippen LogP contribution in [0, 0.1) is 0 Å². The van der Waals surface area contributed by atoms with Gasteiger partial charge in [0.2, 0.25) is 0 Å². The number of hydrogen-bond acceptors (Lipinski definition) is 2. The molecule has 3 rings (SSSR count). The van der Waals surface area contributed by atoms with Gasteiger partial charge in [-0.3, -0.25) is 0 Å². The fourth-order valence-electron chi connectivity index (χ4n) is 2.40. The van der Waals surface area contributed by atoms with Gasteiger partial charge < -0.3 is 14.6 Å². The van der Waals surface area contributed by atoms with Crippen LogP contribution in [0.3, 0.4) is 0 Å². The van der Waals surface area contributed by atoms with Crippen molar-refractivity contribution in [3.63, 3.8) is 0 Å². The van der Waals surface area contributed by atoms with Crippen molar-refractivity contribution < 1.29 is 4.42 Å². The lowest BCUT2D eigenvalue weighted by Crippen LogP contribution is -2.33. The van der Waals surface area contributed by atoms with Crippen molar-refractivity contribution in [3.05, 3.63) is 86.7 Å². The van der Waals surface area contributed by atoms with E-state index in [2.05, 4.69) is 21.2 Å². The summed E-state index contributed by atoms with van der Waals surface area (Å²) in [5.74, 6) is 0.799. The largest absolute Gasteiger partial charge is 0.467 e. The maximum Gasteiger partial charge on any atom is 0.174 e. The van der Waals surface area contributed by atoms with E-state index in [4.69, 9.17) is 39.8 Å². The lowest BCUT2D eigenvalue weighted by molar-refractivity contribution is 0.360. The smallest absolute Gasteiger partial charge is 0.174 e. The average molecular weight is 470 g/mol. The van der Waals surface area contributed by atoms with E-state index < -0.39 is 0 Å². The highest BCUT2D eigenvalue weighted by Gasteiger charge is 2.16. The summed E-state index contributed by atoms with van der Waals surface area (Å²) in [6.45, 7) is 0.957. The minimum atomic E-state index is 0.460. The van der Waals surface area contributed by atoms with Gasteiger partial charge in [-0.25, -0.2) is 0 Å². The molecule has 0 amide bonds. The summed E-state index contributed by atoms with van der Waals surface area (Å²) >= 11 is 21.7. The number of hydrogen-bond donors (Lipinski definition) is 1. The Morgan fingerprint density at radius 1 is 1.00 bits per heavy atom.